The first-order chi connectivity index (χ1) is 9.51. The Morgan fingerprint density at radius 1 is 1.30 bits per heavy atom. The predicted molar refractivity (Wildman–Crippen MR) is 80.5 cm³/mol. The van der Waals surface area contributed by atoms with Crippen molar-refractivity contribution >= 4 is 22.9 Å². The van der Waals surface area contributed by atoms with E-state index in [2.05, 4.69) is 5.32 Å². The third-order valence-electron chi connectivity index (χ3n) is 3.11. The molecule has 1 nitrogen and oxygen atoms in total. The van der Waals surface area contributed by atoms with Gasteiger partial charge in [0.25, 0.3) is 0 Å². The van der Waals surface area contributed by atoms with Crippen LogP contribution in [0.1, 0.15) is 29.0 Å². The van der Waals surface area contributed by atoms with E-state index in [9.17, 15) is 8.78 Å². The summed E-state index contributed by atoms with van der Waals surface area (Å²) in [5.41, 5.74) is 1.52. The second-order valence-corrected chi connectivity index (χ2v) is 6.34. The highest BCUT2D eigenvalue weighted by atomic mass is 35.5. The fraction of sp³-hybridized carbons (Fsp3) is 0.333. The molecule has 0 aliphatic carbocycles. The fourth-order valence-electron chi connectivity index (χ4n) is 2.08. The van der Waals surface area contributed by atoms with E-state index in [-0.39, 0.29) is 6.04 Å². The van der Waals surface area contributed by atoms with Gasteiger partial charge in [0.15, 0.2) is 0 Å². The lowest BCUT2D eigenvalue weighted by Gasteiger charge is -2.17. The van der Waals surface area contributed by atoms with Crippen LogP contribution in [0.5, 0.6) is 0 Å². The van der Waals surface area contributed by atoms with E-state index >= 15 is 0 Å². The standard InChI is InChI=1S/C15H16ClF2NS/c1-3-19-13(14-6-9(2)15(16)20-14)7-10-4-5-11(17)8-12(10)18/h4-6,8,13,19H,3,7H2,1-2H3. The average molecular weight is 316 g/mol. The van der Waals surface area contributed by atoms with Crippen LogP contribution in [0.25, 0.3) is 0 Å². The zero-order valence-electron chi connectivity index (χ0n) is 11.3. The minimum absolute atomic E-state index is 0.0174. The number of aryl methyl sites for hydroxylation is 1. The van der Waals surface area contributed by atoms with Crippen molar-refractivity contribution in [2.45, 2.75) is 26.3 Å². The molecule has 5 heteroatoms. The molecule has 1 unspecified atom stereocenters. The number of rotatable bonds is 5. The van der Waals surface area contributed by atoms with Crippen LogP contribution in [-0.2, 0) is 6.42 Å². The lowest BCUT2D eigenvalue weighted by Crippen LogP contribution is -2.22. The van der Waals surface area contributed by atoms with E-state index in [4.69, 9.17) is 11.6 Å². The molecule has 0 aliphatic rings. The van der Waals surface area contributed by atoms with Crippen LogP contribution in [0.2, 0.25) is 4.34 Å². The first-order valence-corrected chi connectivity index (χ1v) is 7.63. The Balaban J connectivity index is 2.25. The monoisotopic (exact) mass is 315 g/mol. The minimum Gasteiger partial charge on any atom is -0.309 e. The molecule has 1 heterocycles. The van der Waals surface area contributed by atoms with Crippen molar-refractivity contribution in [1.29, 1.82) is 0 Å². The highest BCUT2D eigenvalue weighted by Crippen LogP contribution is 2.32. The summed E-state index contributed by atoms with van der Waals surface area (Å²) in [6.45, 7) is 4.71. The maximum absolute atomic E-state index is 13.8. The van der Waals surface area contributed by atoms with Gasteiger partial charge in [-0.1, -0.05) is 24.6 Å². The molecule has 108 valence electrons. The first-order valence-electron chi connectivity index (χ1n) is 6.44. The Labute approximate surface area is 126 Å². The van der Waals surface area contributed by atoms with Crippen LogP contribution in [0.4, 0.5) is 8.78 Å². The zero-order valence-corrected chi connectivity index (χ0v) is 12.9. The fourth-order valence-corrected chi connectivity index (χ4v) is 3.38. The highest BCUT2D eigenvalue weighted by Gasteiger charge is 2.17. The van der Waals surface area contributed by atoms with Gasteiger partial charge in [0.2, 0.25) is 0 Å². The Morgan fingerprint density at radius 3 is 2.60 bits per heavy atom. The lowest BCUT2D eigenvalue weighted by atomic mass is 10.0. The molecule has 1 N–H and O–H groups in total. The molecule has 0 saturated heterocycles. The van der Waals surface area contributed by atoms with Gasteiger partial charge in [-0.25, -0.2) is 8.78 Å². The maximum Gasteiger partial charge on any atom is 0.129 e. The van der Waals surface area contributed by atoms with E-state index in [1.807, 2.05) is 19.9 Å². The number of hydrogen-bond donors (Lipinski definition) is 1. The number of thiophene rings is 1. The summed E-state index contributed by atoms with van der Waals surface area (Å²) in [4.78, 5) is 1.07. The Kier molecular flexibility index (Phi) is 5.13. The van der Waals surface area contributed by atoms with E-state index < -0.39 is 11.6 Å². The Hall–Kier alpha value is -0.970. The predicted octanol–water partition coefficient (Wildman–Crippen LogP) is 4.88. The quantitative estimate of drug-likeness (QED) is 0.829. The van der Waals surface area contributed by atoms with Crippen molar-refractivity contribution in [3.63, 3.8) is 0 Å². The molecule has 0 bridgehead atoms. The first kappa shape index (κ1) is 15.4. The number of halogens is 3. The molecule has 1 atom stereocenters. The number of benzene rings is 1. The molecule has 2 rings (SSSR count). The second-order valence-electron chi connectivity index (χ2n) is 4.66. The molecule has 0 aliphatic heterocycles. The number of hydrogen-bond acceptors (Lipinski definition) is 2. The summed E-state index contributed by atoms with van der Waals surface area (Å²) in [6.07, 6.45) is 0.468. The highest BCUT2D eigenvalue weighted by molar-refractivity contribution is 7.16. The van der Waals surface area contributed by atoms with Gasteiger partial charge in [-0.3, -0.25) is 0 Å². The summed E-state index contributed by atoms with van der Waals surface area (Å²) in [6, 6.07) is 5.70. The molecule has 1 aromatic heterocycles. The Morgan fingerprint density at radius 2 is 2.05 bits per heavy atom. The van der Waals surface area contributed by atoms with Gasteiger partial charge in [-0.2, -0.15) is 0 Å². The van der Waals surface area contributed by atoms with Crippen LogP contribution >= 0.6 is 22.9 Å². The number of likely N-dealkylation sites (N-methyl/N-ethyl adjacent to an activating group) is 1. The van der Waals surface area contributed by atoms with E-state index in [0.29, 0.717) is 12.0 Å². The van der Waals surface area contributed by atoms with Crippen LogP contribution in [0.15, 0.2) is 24.3 Å². The van der Waals surface area contributed by atoms with Gasteiger partial charge in [-0.05, 0) is 43.1 Å². The van der Waals surface area contributed by atoms with Gasteiger partial charge in [-0.15, -0.1) is 11.3 Å². The van der Waals surface area contributed by atoms with Crippen molar-refractivity contribution in [3.8, 4) is 0 Å². The van der Waals surface area contributed by atoms with Crippen molar-refractivity contribution < 1.29 is 8.78 Å². The van der Waals surface area contributed by atoms with Gasteiger partial charge in [0.1, 0.15) is 11.6 Å². The zero-order chi connectivity index (χ0) is 14.7. The summed E-state index contributed by atoms with van der Waals surface area (Å²) >= 11 is 7.59. The normalized spacial score (nSPS) is 12.7. The molecule has 1 aromatic carbocycles. The van der Waals surface area contributed by atoms with Crippen molar-refractivity contribution in [3.05, 3.63) is 56.2 Å². The van der Waals surface area contributed by atoms with E-state index in [0.717, 1.165) is 27.4 Å². The van der Waals surface area contributed by atoms with Crippen molar-refractivity contribution in [2.24, 2.45) is 0 Å². The van der Waals surface area contributed by atoms with Crippen molar-refractivity contribution in [1.82, 2.24) is 5.32 Å². The molecule has 0 amide bonds. The molecule has 0 spiro atoms. The molecule has 0 saturated carbocycles. The van der Waals surface area contributed by atoms with Gasteiger partial charge < -0.3 is 5.32 Å². The van der Waals surface area contributed by atoms with Gasteiger partial charge >= 0.3 is 0 Å². The molecular weight excluding hydrogens is 300 g/mol. The topological polar surface area (TPSA) is 12.0 Å². The van der Waals surface area contributed by atoms with Crippen LogP contribution < -0.4 is 5.32 Å². The van der Waals surface area contributed by atoms with Crippen LogP contribution in [0, 0.1) is 18.6 Å². The molecule has 0 radical (unpaired) electrons. The largest absolute Gasteiger partial charge is 0.309 e. The molecule has 2 aromatic rings. The third kappa shape index (κ3) is 3.57. The average Bonchev–Trinajstić information content (AvgIpc) is 2.72. The molecule has 0 fully saturated rings. The summed E-state index contributed by atoms with van der Waals surface area (Å²) in [7, 11) is 0. The minimum atomic E-state index is -0.554. The molecule has 20 heavy (non-hydrogen) atoms. The van der Waals surface area contributed by atoms with Gasteiger partial charge in [0.05, 0.1) is 4.34 Å². The van der Waals surface area contributed by atoms with Crippen molar-refractivity contribution in [2.75, 3.05) is 6.54 Å². The number of nitrogens with one attached hydrogen (secondary N) is 1. The van der Waals surface area contributed by atoms with Gasteiger partial charge in [0, 0.05) is 17.0 Å². The summed E-state index contributed by atoms with van der Waals surface area (Å²) in [5.74, 6) is -1.06. The van der Waals surface area contributed by atoms with Crippen LogP contribution in [-0.4, -0.2) is 6.54 Å². The molecular formula is C15H16ClF2NS. The second kappa shape index (κ2) is 6.66. The van der Waals surface area contributed by atoms with Crippen LogP contribution in [0.3, 0.4) is 0 Å². The summed E-state index contributed by atoms with van der Waals surface area (Å²) in [5, 5.41) is 3.32. The maximum atomic E-state index is 13.8. The smallest absolute Gasteiger partial charge is 0.129 e. The SMILES string of the molecule is CCNC(Cc1ccc(F)cc1F)c1cc(C)c(Cl)s1. The van der Waals surface area contributed by atoms with E-state index in [1.165, 1.54) is 23.5 Å². The lowest BCUT2D eigenvalue weighted by molar-refractivity contribution is 0.526. The summed E-state index contributed by atoms with van der Waals surface area (Å²) < 4.78 is 27.5. The Bertz CT molecular complexity index is 578. The van der Waals surface area contributed by atoms with E-state index in [1.54, 1.807) is 0 Å². The third-order valence-corrected chi connectivity index (χ3v) is 4.78.